The van der Waals surface area contributed by atoms with Crippen molar-refractivity contribution in [2.24, 2.45) is 0 Å². The van der Waals surface area contributed by atoms with Crippen molar-refractivity contribution in [3.8, 4) is 0 Å². The fraction of sp³-hybridized carbons (Fsp3) is 0.526. The van der Waals surface area contributed by atoms with Gasteiger partial charge in [0, 0.05) is 39.3 Å². The van der Waals surface area contributed by atoms with E-state index in [1.807, 2.05) is 0 Å². The molecule has 3 rings (SSSR count). The molecule has 2 aliphatic heterocycles. The number of piperazine rings is 1. The van der Waals surface area contributed by atoms with E-state index in [1.165, 1.54) is 29.2 Å². The smallest absolute Gasteiger partial charge is 0.251 e. The first-order valence-corrected chi connectivity index (χ1v) is 11.1. The molecule has 0 radical (unpaired) electrons. The standard InChI is InChI=1S/C19H26N4O6S/c1-22(2)19(26)16-8-5-14(29-16)11-21-18(25)13-3-6-15(7-4-13)30(27,28)23-10-9-20-17(24)12-23/h3-4,6-7,14,16H,5,8-12H2,1-2H3,(H,20,24)(H,21,25). The molecule has 2 heterocycles. The molecule has 3 amide bonds. The van der Waals surface area contributed by atoms with Gasteiger partial charge in [-0.2, -0.15) is 4.31 Å². The number of carbonyl (C=O) groups is 3. The Kier molecular flexibility index (Phi) is 6.74. The normalized spacial score (nSPS) is 22.4. The van der Waals surface area contributed by atoms with Crippen molar-refractivity contribution < 1.29 is 27.5 Å². The van der Waals surface area contributed by atoms with Gasteiger partial charge in [0.15, 0.2) is 0 Å². The minimum Gasteiger partial charge on any atom is -0.363 e. The van der Waals surface area contributed by atoms with E-state index in [2.05, 4.69) is 10.6 Å². The molecule has 2 atom stereocenters. The van der Waals surface area contributed by atoms with Gasteiger partial charge in [-0.3, -0.25) is 14.4 Å². The van der Waals surface area contributed by atoms with Gasteiger partial charge in [-0.15, -0.1) is 0 Å². The number of ether oxygens (including phenoxy) is 1. The number of rotatable bonds is 6. The number of carbonyl (C=O) groups excluding carboxylic acids is 3. The van der Waals surface area contributed by atoms with E-state index in [4.69, 9.17) is 4.74 Å². The highest BCUT2D eigenvalue weighted by Crippen LogP contribution is 2.21. The molecule has 10 nitrogen and oxygen atoms in total. The third-order valence-electron chi connectivity index (χ3n) is 5.07. The molecule has 2 fully saturated rings. The Morgan fingerprint density at radius 3 is 2.57 bits per heavy atom. The second kappa shape index (κ2) is 9.11. The number of sulfonamides is 1. The van der Waals surface area contributed by atoms with Gasteiger partial charge in [0.1, 0.15) is 6.10 Å². The summed E-state index contributed by atoms with van der Waals surface area (Å²) in [7, 11) is -0.457. The zero-order chi connectivity index (χ0) is 21.9. The molecule has 1 aromatic carbocycles. The summed E-state index contributed by atoms with van der Waals surface area (Å²) in [5.41, 5.74) is 0.309. The highest BCUT2D eigenvalue weighted by Gasteiger charge is 2.32. The maximum absolute atomic E-state index is 12.6. The largest absolute Gasteiger partial charge is 0.363 e. The lowest BCUT2D eigenvalue weighted by atomic mass is 10.1. The molecule has 2 unspecified atom stereocenters. The summed E-state index contributed by atoms with van der Waals surface area (Å²) in [5, 5.41) is 5.34. The predicted molar refractivity (Wildman–Crippen MR) is 107 cm³/mol. The van der Waals surface area contributed by atoms with Crippen LogP contribution in [0, 0.1) is 0 Å². The van der Waals surface area contributed by atoms with Gasteiger partial charge in [0.05, 0.1) is 17.5 Å². The first-order valence-electron chi connectivity index (χ1n) is 9.70. The van der Waals surface area contributed by atoms with Crippen molar-refractivity contribution in [1.82, 2.24) is 19.8 Å². The fourth-order valence-electron chi connectivity index (χ4n) is 3.38. The van der Waals surface area contributed by atoms with Crippen molar-refractivity contribution in [3.63, 3.8) is 0 Å². The first kappa shape index (κ1) is 22.2. The molecule has 1 aromatic rings. The Morgan fingerprint density at radius 2 is 1.93 bits per heavy atom. The van der Waals surface area contributed by atoms with Crippen molar-refractivity contribution in [2.45, 2.75) is 29.9 Å². The zero-order valence-corrected chi connectivity index (χ0v) is 17.8. The SMILES string of the molecule is CN(C)C(=O)C1CCC(CNC(=O)c2ccc(S(=O)(=O)N3CCNC(=O)C3)cc2)O1. The molecule has 0 aliphatic carbocycles. The van der Waals surface area contributed by atoms with Crippen molar-refractivity contribution >= 4 is 27.7 Å². The molecule has 2 aliphatic rings. The predicted octanol–water partition coefficient (Wildman–Crippen LogP) is -0.827. The van der Waals surface area contributed by atoms with Gasteiger partial charge in [-0.05, 0) is 37.1 Å². The number of nitrogens with one attached hydrogen (secondary N) is 2. The van der Waals surface area contributed by atoms with Gasteiger partial charge in [0.25, 0.3) is 11.8 Å². The molecular formula is C19H26N4O6S. The summed E-state index contributed by atoms with van der Waals surface area (Å²) in [6.45, 7) is 0.514. The lowest BCUT2D eigenvalue weighted by Gasteiger charge is -2.25. The van der Waals surface area contributed by atoms with Crippen LogP contribution in [0.5, 0.6) is 0 Å². The number of nitrogens with zero attached hydrogens (tertiary/aromatic N) is 2. The Hall–Kier alpha value is -2.50. The third-order valence-corrected chi connectivity index (χ3v) is 6.93. The van der Waals surface area contributed by atoms with Gasteiger partial charge >= 0.3 is 0 Å². The van der Waals surface area contributed by atoms with Crippen molar-refractivity contribution in [3.05, 3.63) is 29.8 Å². The third kappa shape index (κ3) is 4.97. The maximum Gasteiger partial charge on any atom is 0.251 e. The van der Waals surface area contributed by atoms with Crippen molar-refractivity contribution in [2.75, 3.05) is 40.3 Å². The van der Waals surface area contributed by atoms with E-state index in [1.54, 1.807) is 14.1 Å². The van der Waals surface area contributed by atoms with Gasteiger partial charge in [-0.1, -0.05) is 0 Å². The summed E-state index contributed by atoms with van der Waals surface area (Å²) in [6, 6.07) is 5.57. The molecule has 0 bridgehead atoms. The second-order valence-corrected chi connectivity index (χ2v) is 9.42. The summed E-state index contributed by atoms with van der Waals surface area (Å²) in [5.74, 6) is -0.793. The minimum atomic E-state index is -3.80. The van der Waals surface area contributed by atoms with E-state index < -0.39 is 16.1 Å². The highest BCUT2D eigenvalue weighted by atomic mass is 32.2. The van der Waals surface area contributed by atoms with E-state index in [0.717, 1.165) is 4.31 Å². The van der Waals surface area contributed by atoms with E-state index in [0.29, 0.717) is 18.4 Å². The molecule has 0 spiro atoms. The fourth-order valence-corrected chi connectivity index (χ4v) is 4.78. The Balaban J connectivity index is 1.55. The Morgan fingerprint density at radius 1 is 1.23 bits per heavy atom. The van der Waals surface area contributed by atoms with Crippen LogP contribution >= 0.6 is 0 Å². The van der Waals surface area contributed by atoms with Crippen LogP contribution < -0.4 is 10.6 Å². The summed E-state index contributed by atoms with van der Waals surface area (Å²) in [6.07, 6.45) is 0.556. The van der Waals surface area contributed by atoms with E-state index in [9.17, 15) is 22.8 Å². The number of hydrogen-bond acceptors (Lipinski definition) is 6. The quantitative estimate of drug-likeness (QED) is 0.597. The molecule has 2 N–H and O–H groups in total. The van der Waals surface area contributed by atoms with Gasteiger partial charge in [-0.25, -0.2) is 8.42 Å². The second-order valence-electron chi connectivity index (χ2n) is 7.48. The Bertz CT molecular complexity index is 915. The summed E-state index contributed by atoms with van der Waals surface area (Å²) < 4.78 is 32.1. The number of amides is 3. The van der Waals surface area contributed by atoms with Crippen LogP contribution in [0.4, 0.5) is 0 Å². The molecule has 2 saturated heterocycles. The van der Waals surface area contributed by atoms with Crippen LogP contribution in [0.1, 0.15) is 23.2 Å². The van der Waals surface area contributed by atoms with Crippen molar-refractivity contribution in [1.29, 1.82) is 0 Å². The first-order chi connectivity index (χ1) is 14.2. The van der Waals surface area contributed by atoms with E-state index in [-0.39, 0.29) is 54.9 Å². The zero-order valence-electron chi connectivity index (χ0n) is 17.0. The van der Waals surface area contributed by atoms with Gasteiger partial charge in [0.2, 0.25) is 15.9 Å². The van der Waals surface area contributed by atoms with Gasteiger partial charge < -0.3 is 20.3 Å². The summed E-state index contributed by atoms with van der Waals surface area (Å²) in [4.78, 5) is 37.3. The molecule has 30 heavy (non-hydrogen) atoms. The average molecular weight is 439 g/mol. The summed E-state index contributed by atoms with van der Waals surface area (Å²) >= 11 is 0. The lowest BCUT2D eigenvalue weighted by Crippen LogP contribution is -2.49. The molecular weight excluding hydrogens is 412 g/mol. The molecule has 0 saturated carbocycles. The monoisotopic (exact) mass is 438 g/mol. The number of hydrogen-bond donors (Lipinski definition) is 2. The highest BCUT2D eigenvalue weighted by molar-refractivity contribution is 7.89. The van der Waals surface area contributed by atoms with Crippen LogP contribution in [0.15, 0.2) is 29.2 Å². The Labute approximate surface area is 175 Å². The maximum atomic E-state index is 12.6. The van der Waals surface area contributed by atoms with E-state index >= 15 is 0 Å². The lowest BCUT2D eigenvalue weighted by molar-refractivity contribution is -0.140. The minimum absolute atomic E-state index is 0.0258. The van der Waals surface area contributed by atoms with Crippen LogP contribution in [0.2, 0.25) is 0 Å². The molecule has 164 valence electrons. The average Bonchev–Trinajstić information content (AvgIpc) is 3.20. The number of likely N-dealkylation sites (N-methyl/N-ethyl adjacent to an activating group) is 1. The van der Waals surface area contributed by atoms with Crippen LogP contribution in [-0.4, -0.2) is 87.8 Å². The number of benzene rings is 1. The topological polar surface area (TPSA) is 125 Å². The molecule has 11 heteroatoms. The van der Waals surface area contributed by atoms with Crippen LogP contribution in [-0.2, 0) is 24.3 Å². The van der Waals surface area contributed by atoms with Crippen LogP contribution in [0.25, 0.3) is 0 Å². The molecule has 0 aromatic heterocycles. The van der Waals surface area contributed by atoms with Crippen LogP contribution in [0.3, 0.4) is 0 Å².